The largest absolute Gasteiger partial charge is 0.491 e. The van der Waals surface area contributed by atoms with Gasteiger partial charge in [-0.25, -0.2) is 18.7 Å². The fourth-order valence-electron chi connectivity index (χ4n) is 3.53. The first-order chi connectivity index (χ1) is 21.1. The molecule has 45 heavy (non-hydrogen) atoms. The summed E-state index contributed by atoms with van der Waals surface area (Å²) < 4.78 is 59.2. The summed E-state index contributed by atoms with van der Waals surface area (Å²) in [5.74, 6) is -1.58. The second kappa shape index (κ2) is 14.5. The first-order valence-corrected chi connectivity index (χ1v) is 13.3. The molecule has 2 heterocycles. The maximum Gasteiger partial charge on any atom is 0.490 e. The van der Waals surface area contributed by atoms with Gasteiger partial charge in [0.15, 0.2) is 0 Å². The Labute approximate surface area is 255 Å². The number of nitrogens with zero attached hydrogens (tertiary/aromatic N) is 3. The Hall–Kier alpha value is -5.18. The SMILES string of the molecule is Cc1cc(Oc2ccc(NC(=O)Nc3cc(C(C)(C)C)nn3-c3ccc(OCCO)cc3)c(F)c2)ccn1.O=C(O)C(F)(F)F. The van der Waals surface area contributed by atoms with Crippen molar-refractivity contribution < 1.29 is 46.8 Å². The highest BCUT2D eigenvalue weighted by Gasteiger charge is 2.38. The molecule has 0 saturated heterocycles. The van der Waals surface area contributed by atoms with Crippen LogP contribution in [0.5, 0.6) is 17.2 Å². The van der Waals surface area contributed by atoms with Crippen LogP contribution < -0.4 is 20.1 Å². The summed E-state index contributed by atoms with van der Waals surface area (Å²) in [6, 6.07) is 15.8. The van der Waals surface area contributed by atoms with E-state index in [9.17, 15) is 22.4 Å². The number of ether oxygens (including phenoxy) is 2. The zero-order valence-electron chi connectivity index (χ0n) is 24.6. The molecule has 0 unspecified atom stereocenters. The summed E-state index contributed by atoms with van der Waals surface area (Å²) in [5.41, 5.74) is 1.93. The quantitative estimate of drug-likeness (QED) is 0.162. The minimum Gasteiger partial charge on any atom is -0.491 e. The molecule has 11 nitrogen and oxygen atoms in total. The topological polar surface area (TPSA) is 148 Å². The van der Waals surface area contributed by atoms with E-state index < -0.39 is 24.0 Å². The number of carboxylic acid groups (broad SMARTS) is 1. The monoisotopic (exact) mass is 633 g/mol. The third-order valence-electron chi connectivity index (χ3n) is 5.70. The number of aliphatic hydroxyl groups excluding tert-OH is 1. The fourth-order valence-corrected chi connectivity index (χ4v) is 3.53. The lowest BCUT2D eigenvalue weighted by Gasteiger charge is -2.14. The maximum atomic E-state index is 14.8. The highest BCUT2D eigenvalue weighted by Crippen LogP contribution is 2.29. The second-order valence-electron chi connectivity index (χ2n) is 10.4. The van der Waals surface area contributed by atoms with Crippen LogP contribution in [0.15, 0.2) is 66.9 Å². The van der Waals surface area contributed by atoms with E-state index in [0.29, 0.717) is 28.8 Å². The molecule has 4 N–H and O–H groups in total. The van der Waals surface area contributed by atoms with Crippen LogP contribution in [0, 0.1) is 12.7 Å². The normalized spacial score (nSPS) is 11.2. The van der Waals surface area contributed by atoms with Gasteiger partial charge in [-0.2, -0.15) is 18.3 Å². The van der Waals surface area contributed by atoms with E-state index in [1.54, 1.807) is 59.4 Å². The number of halogens is 4. The standard InChI is InChI=1S/C28H30FN5O4.C2HF3O2/c1-18-15-22(11-12-30-18)38-21-9-10-24(23(29)16-21)31-27(36)32-26-17-25(28(2,3)4)33-34(26)19-5-7-20(8-6-19)37-14-13-35;3-2(4,5)1(6)7/h5-12,15-17,35H,13-14H2,1-4H3,(H2,31,32,36);(H,6,7). The number of hydrogen-bond acceptors (Lipinski definition) is 7. The van der Waals surface area contributed by atoms with Crippen LogP contribution in [0.25, 0.3) is 5.69 Å². The summed E-state index contributed by atoms with van der Waals surface area (Å²) in [5, 5.41) is 26.1. The first-order valence-electron chi connectivity index (χ1n) is 13.3. The van der Waals surface area contributed by atoms with Crippen LogP contribution in [-0.2, 0) is 10.2 Å². The number of amides is 2. The number of aryl methyl sites for hydroxylation is 1. The van der Waals surface area contributed by atoms with E-state index in [4.69, 9.17) is 24.5 Å². The molecule has 0 aliphatic carbocycles. The number of pyridine rings is 1. The van der Waals surface area contributed by atoms with E-state index >= 15 is 0 Å². The smallest absolute Gasteiger partial charge is 0.490 e. The summed E-state index contributed by atoms with van der Waals surface area (Å²) in [4.78, 5) is 25.9. The number of urea groups is 1. The van der Waals surface area contributed by atoms with E-state index in [1.165, 1.54) is 12.1 Å². The number of carboxylic acids is 1. The van der Waals surface area contributed by atoms with Crippen LogP contribution in [0.4, 0.5) is 33.9 Å². The molecule has 0 radical (unpaired) electrons. The van der Waals surface area contributed by atoms with Crippen molar-refractivity contribution in [3.05, 3.63) is 84.1 Å². The van der Waals surface area contributed by atoms with Crippen molar-refractivity contribution in [3.63, 3.8) is 0 Å². The van der Waals surface area contributed by atoms with Gasteiger partial charge < -0.3 is 25.0 Å². The number of rotatable bonds is 8. The lowest BCUT2D eigenvalue weighted by atomic mass is 9.92. The van der Waals surface area contributed by atoms with Crippen LogP contribution in [0.3, 0.4) is 0 Å². The number of carbonyl (C=O) groups excluding carboxylic acids is 1. The minimum atomic E-state index is -5.08. The van der Waals surface area contributed by atoms with Gasteiger partial charge in [0.05, 0.1) is 23.7 Å². The minimum absolute atomic E-state index is 0.00625. The van der Waals surface area contributed by atoms with Crippen molar-refractivity contribution in [2.75, 3.05) is 23.8 Å². The van der Waals surface area contributed by atoms with Crippen LogP contribution in [0.1, 0.15) is 32.2 Å². The Bertz CT molecular complexity index is 1620. The molecule has 240 valence electrons. The number of hydrogen-bond donors (Lipinski definition) is 4. The molecule has 2 aromatic carbocycles. The molecule has 2 amide bonds. The van der Waals surface area contributed by atoms with Crippen molar-refractivity contribution in [2.45, 2.75) is 39.3 Å². The van der Waals surface area contributed by atoms with Gasteiger partial charge in [-0.1, -0.05) is 20.8 Å². The molecule has 0 bridgehead atoms. The summed E-state index contributed by atoms with van der Waals surface area (Å²) in [6.45, 7) is 7.98. The van der Waals surface area contributed by atoms with Gasteiger partial charge in [0.1, 0.15) is 35.5 Å². The number of carbonyl (C=O) groups is 2. The highest BCUT2D eigenvalue weighted by atomic mass is 19.4. The van der Waals surface area contributed by atoms with Crippen molar-refractivity contribution in [1.82, 2.24) is 14.8 Å². The molecule has 15 heteroatoms. The zero-order valence-corrected chi connectivity index (χ0v) is 24.6. The van der Waals surface area contributed by atoms with Gasteiger partial charge in [-0.05, 0) is 49.4 Å². The molecular weight excluding hydrogens is 602 g/mol. The number of aliphatic hydroxyl groups is 1. The van der Waals surface area contributed by atoms with Gasteiger partial charge in [0.2, 0.25) is 0 Å². The van der Waals surface area contributed by atoms with Gasteiger partial charge in [0, 0.05) is 35.5 Å². The molecule has 0 aliphatic heterocycles. The lowest BCUT2D eigenvalue weighted by Crippen LogP contribution is -2.22. The molecule has 4 rings (SSSR count). The van der Waals surface area contributed by atoms with Crippen molar-refractivity contribution in [1.29, 1.82) is 0 Å². The molecule has 0 spiro atoms. The number of benzene rings is 2. The number of alkyl halides is 3. The first kappa shape index (κ1) is 34.3. The van der Waals surface area contributed by atoms with Gasteiger partial charge in [-0.3, -0.25) is 10.3 Å². The second-order valence-corrected chi connectivity index (χ2v) is 10.4. The van der Waals surface area contributed by atoms with E-state index in [-0.39, 0.29) is 24.3 Å². The summed E-state index contributed by atoms with van der Waals surface area (Å²) in [6.07, 6.45) is -3.48. The van der Waals surface area contributed by atoms with Gasteiger partial charge in [0.25, 0.3) is 0 Å². The molecule has 2 aromatic heterocycles. The average molecular weight is 634 g/mol. The van der Waals surface area contributed by atoms with Gasteiger partial charge >= 0.3 is 18.2 Å². The zero-order chi connectivity index (χ0) is 33.4. The number of anilines is 2. The molecule has 4 aromatic rings. The maximum absolute atomic E-state index is 14.8. The van der Waals surface area contributed by atoms with Crippen LogP contribution in [0.2, 0.25) is 0 Å². The van der Waals surface area contributed by atoms with Crippen molar-refractivity contribution in [2.24, 2.45) is 0 Å². The predicted molar refractivity (Wildman–Crippen MR) is 157 cm³/mol. The number of aliphatic carboxylic acids is 1. The van der Waals surface area contributed by atoms with E-state index in [1.807, 2.05) is 27.7 Å². The van der Waals surface area contributed by atoms with Crippen molar-refractivity contribution >= 4 is 23.5 Å². The van der Waals surface area contributed by atoms with Crippen molar-refractivity contribution in [3.8, 4) is 22.9 Å². The fraction of sp³-hybridized carbons (Fsp3) is 0.267. The van der Waals surface area contributed by atoms with E-state index in [2.05, 4.69) is 20.7 Å². The summed E-state index contributed by atoms with van der Waals surface area (Å²) in [7, 11) is 0. The molecule has 0 saturated carbocycles. The lowest BCUT2D eigenvalue weighted by molar-refractivity contribution is -0.192. The Morgan fingerprint density at radius 3 is 2.11 bits per heavy atom. The summed E-state index contributed by atoms with van der Waals surface area (Å²) >= 11 is 0. The predicted octanol–water partition coefficient (Wildman–Crippen LogP) is 6.45. The van der Waals surface area contributed by atoms with Gasteiger partial charge in [-0.15, -0.1) is 0 Å². The molecule has 0 aliphatic rings. The Balaban J connectivity index is 0.000000707. The van der Waals surface area contributed by atoms with E-state index in [0.717, 1.165) is 11.4 Å². The third-order valence-corrected chi connectivity index (χ3v) is 5.70. The average Bonchev–Trinajstić information content (AvgIpc) is 3.38. The third kappa shape index (κ3) is 10.2. The van der Waals surface area contributed by atoms with Crippen LogP contribution in [-0.4, -0.2) is 56.4 Å². The Kier molecular flexibility index (Phi) is 11.1. The number of nitrogens with one attached hydrogen (secondary N) is 2. The molecule has 0 fully saturated rings. The molecular formula is C30H31F4N5O6. The highest BCUT2D eigenvalue weighted by molar-refractivity contribution is 5.99. The Morgan fingerprint density at radius 2 is 1.56 bits per heavy atom. The molecule has 0 atom stereocenters. The number of aromatic nitrogens is 3. The van der Waals surface area contributed by atoms with Crippen LogP contribution >= 0.6 is 0 Å². The Morgan fingerprint density at radius 1 is 0.933 bits per heavy atom.